The van der Waals surface area contributed by atoms with Gasteiger partial charge in [-0.25, -0.2) is 4.79 Å². The van der Waals surface area contributed by atoms with Gasteiger partial charge < -0.3 is 7.80 Å². The molecule has 22 heavy (non-hydrogen) atoms. The first-order valence-electron chi connectivity index (χ1n) is 7.69. The van der Waals surface area contributed by atoms with E-state index in [-0.39, 0.29) is 5.97 Å². The number of hydrogen-bond acceptors (Lipinski definition) is 3. The molecule has 1 fully saturated rings. The van der Waals surface area contributed by atoms with Gasteiger partial charge >= 0.3 is 5.97 Å². The molecule has 2 aromatic rings. The molecular formula is C18H19IO3. The third-order valence-corrected chi connectivity index (χ3v) is 4.78. The van der Waals surface area contributed by atoms with Crippen molar-refractivity contribution in [3.05, 3.63) is 42.0 Å². The molecule has 116 valence electrons. The largest absolute Gasteiger partial charge is 0.490 e. The second kappa shape index (κ2) is 6.86. The van der Waals surface area contributed by atoms with Crippen LogP contribution in [0.2, 0.25) is 0 Å². The van der Waals surface area contributed by atoms with E-state index in [0.29, 0.717) is 11.7 Å². The minimum absolute atomic E-state index is 0.320. The molecule has 0 radical (unpaired) electrons. The quantitative estimate of drug-likeness (QED) is 0.644. The average molecular weight is 410 g/mol. The lowest BCUT2D eigenvalue weighted by atomic mass is 9.89. The Morgan fingerprint density at radius 1 is 1.05 bits per heavy atom. The Kier molecular flexibility index (Phi) is 4.86. The standard InChI is InChI=1S/C18H19IO3/c1-12-2-7-16(8-3-12)21-17-9-6-13-10-15(18(20)22-19)5-4-14(13)11-17/h4-6,9-12,16H,2-3,7-8H2,1H3/t12-,16+. The first kappa shape index (κ1) is 15.6. The minimum Gasteiger partial charge on any atom is -0.490 e. The highest BCUT2D eigenvalue weighted by Crippen LogP contribution is 2.29. The summed E-state index contributed by atoms with van der Waals surface area (Å²) in [5, 5.41) is 2.09. The Morgan fingerprint density at radius 2 is 1.73 bits per heavy atom. The van der Waals surface area contributed by atoms with E-state index >= 15 is 0 Å². The monoisotopic (exact) mass is 410 g/mol. The van der Waals surface area contributed by atoms with Crippen molar-refractivity contribution >= 4 is 39.7 Å². The number of carbonyl (C=O) groups excluding carboxylic acids is 1. The summed E-state index contributed by atoms with van der Waals surface area (Å²) in [5.74, 6) is 1.42. The van der Waals surface area contributed by atoms with Gasteiger partial charge in [-0.1, -0.05) is 19.1 Å². The van der Waals surface area contributed by atoms with Crippen LogP contribution in [0, 0.1) is 5.92 Å². The predicted molar refractivity (Wildman–Crippen MR) is 95.4 cm³/mol. The van der Waals surface area contributed by atoms with Crippen LogP contribution in [0.4, 0.5) is 0 Å². The molecule has 1 aliphatic rings. The van der Waals surface area contributed by atoms with Crippen molar-refractivity contribution in [3.63, 3.8) is 0 Å². The van der Waals surface area contributed by atoms with Crippen LogP contribution in [0.3, 0.4) is 0 Å². The fraction of sp³-hybridized carbons (Fsp3) is 0.389. The Bertz CT molecular complexity index is 675. The lowest BCUT2D eigenvalue weighted by Crippen LogP contribution is -2.22. The lowest BCUT2D eigenvalue weighted by molar-refractivity contribution is 0.0800. The number of fused-ring (bicyclic) bond motifs is 1. The SMILES string of the molecule is C[C@H]1CC[C@@H](Oc2ccc3cc(C(=O)OI)ccc3c2)CC1. The van der Waals surface area contributed by atoms with Crippen LogP contribution in [0.25, 0.3) is 10.8 Å². The van der Waals surface area contributed by atoms with Crippen LogP contribution in [0.1, 0.15) is 43.0 Å². The van der Waals surface area contributed by atoms with Crippen LogP contribution in [0.15, 0.2) is 36.4 Å². The highest BCUT2D eigenvalue weighted by Gasteiger charge is 2.19. The second-order valence-electron chi connectivity index (χ2n) is 6.09. The van der Waals surface area contributed by atoms with Crippen molar-refractivity contribution in [1.29, 1.82) is 0 Å². The number of hydrogen-bond donors (Lipinski definition) is 0. The fourth-order valence-electron chi connectivity index (χ4n) is 3.01. The van der Waals surface area contributed by atoms with Crippen LogP contribution in [0.5, 0.6) is 5.75 Å². The van der Waals surface area contributed by atoms with Gasteiger partial charge in [-0.05, 0) is 66.6 Å². The molecule has 0 saturated heterocycles. The normalized spacial score (nSPS) is 21.5. The molecule has 0 spiro atoms. The maximum absolute atomic E-state index is 11.6. The molecule has 2 aromatic carbocycles. The van der Waals surface area contributed by atoms with E-state index in [2.05, 4.69) is 6.92 Å². The van der Waals surface area contributed by atoms with Gasteiger partial charge in [-0.15, -0.1) is 0 Å². The van der Waals surface area contributed by atoms with Crippen molar-refractivity contribution in [2.75, 3.05) is 0 Å². The lowest BCUT2D eigenvalue weighted by Gasteiger charge is -2.27. The van der Waals surface area contributed by atoms with Gasteiger partial charge in [-0.3, -0.25) is 0 Å². The molecule has 1 aliphatic carbocycles. The molecular weight excluding hydrogens is 391 g/mol. The Balaban J connectivity index is 1.77. The fourth-order valence-corrected chi connectivity index (χ4v) is 3.26. The molecule has 0 aliphatic heterocycles. The van der Waals surface area contributed by atoms with E-state index in [1.165, 1.54) is 12.8 Å². The zero-order chi connectivity index (χ0) is 15.5. The van der Waals surface area contributed by atoms with Gasteiger partial charge in [0.2, 0.25) is 0 Å². The highest BCUT2D eigenvalue weighted by molar-refractivity contribution is 14.1. The van der Waals surface area contributed by atoms with Gasteiger partial charge in [0.25, 0.3) is 0 Å². The Labute approximate surface area is 144 Å². The van der Waals surface area contributed by atoms with Gasteiger partial charge in [0.1, 0.15) is 5.75 Å². The number of benzene rings is 2. The summed E-state index contributed by atoms with van der Waals surface area (Å²) in [7, 11) is 0. The molecule has 1 saturated carbocycles. The van der Waals surface area contributed by atoms with Gasteiger partial charge in [0.05, 0.1) is 11.7 Å². The van der Waals surface area contributed by atoms with Crippen LogP contribution < -0.4 is 4.74 Å². The second-order valence-corrected chi connectivity index (χ2v) is 6.53. The molecule has 4 heteroatoms. The molecule has 0 N–H and O–H groups in total. The first-order valence-corrected chi connectivity index (χ1v) is 8.57. The topological polar surface area (TPSA) is 35.5 Å². The van der Waals surface area contributed by atoms with Crippen LogP contribution in [-0.4, -0.2) is 12.1 Å². The van der Waals surface area contributed by atoms with Crippen LogP contribution >= 0.6 is 23.0 Å². The van der Waals surface area contributed by atoms with Crippen LogP contribution in [-0.2, 0) is 3.07 Å². The van der Waals surface area contributed by atoms with E-state index in [4.69, 9.17) is 7.80 Å². The van der Waals surface area contributed by atoms with Gasteiger partial charge in [-0.2, -0.15) is 0 Å². The summed E-state index contributed by atoms with van der Waals surface area (Å²) in [4.78, 5) is 11.6. The predicted octanol–water partition coefficient (Wildman–Crippen LogP) is 5.30. The van der Waals surface area contributed by atoms with Crippen molar-refractivity contribution in [2.24, 2.45) is 5.92 Å². The van der Waals surface area contributed by atoms with Crippen molar-refractivity contribution in [1.82, 2.24) is 0 Å². The van der Waals surface area contributed by atoms with E-state index in [0.717, 1.165) is 35.3 Å². The number of rotatable bonds is 3. The molecule has 0 amide bonds. The summed E-state index contributed by atoms with van der Waals surface area (Å²) in [6.45, 7) is 2.31. The summed E-state index contributed by atoms with van der Waals surface area (Å²) >= 11 is 1.61. The summed E-state index contributed by atoms with van der Waals surface area (Å²) in [5.41, 5.74) is 0.567. The Morgan fingerprint density at radius 3 is 2.45 bits per heavy atom. The van der Waals surface area contributed by atoms with Gasteiger partial charge in [0, 0.05) is 0 Å². The van der Waals surface area contributed by atoms with E-state index < -0.39 is 0 Å². The summed E-state index contributed by atoms with van der Waals surface area (Å²) < 4.78 is 10.8. The molecule has 0 atom stereocenters. The maximum Gasteiger partial charge on any atom is 0.347 e. The zero-order valence-corrected chi connectivity index (χ0v) is 14.7. The third-order valence-electron chi connectivity index (χ3n) is 4.38. The molecule has 0 unspecified atom stereocenters. The average Bonchev–Trinajstić information content (AvgIpc) is 2.55. The number of ether oxygens (including phenoxy) is 1. The van der Waals surface area contributed by atoms with Crippen molar-refractivity contribution in [2.45, 2.75) is 38.7 Å². The third kappa shape index (κ3) is 3.54. The maximum atomic E-state index is 11.6. The molecule has 0 bridgehead atoms. The number of carbonyl (C=O) groups is 1. The summed E-state index contributed by atoms with van der Waals surface area (Å²) in [6, 6.07) is 11.6. The highest BCUT2D eigenvalue weighted by atomic mass is 127. The van der Waals surface area contributed by atoms with Crippen molar-refractivity contribution < 1.29 is 12.6 Å². The van der Waals surface area contributed by atoms with E-state index in [9.17, 15) is 4.79 Å². The van der Waals surface area contributed by atoms with Crippen molar-refractivity contribution in [3.8, 4) is 5.75 Å². The molecule has 3 rings (SSSR count). The molecule has 3 nitrogen and oxygen atoms in total. The zero-order valence-electron chi connectivity index (χ0n) is 12.5. The smallest absolute Gasteiger partial charge is 0.347 e. The van der Waals surface area contributed by atoms with E-state index in [1.54, 1.807) is 29.1 Å². The summed E-state index contributed by atoms with van der Waals surface area (Å²) in [6.07, 6.45) is 5.11. The molecule has 0 aromatic heterocycles. The minimum atomic E-state index is -0.320. The molecule has 0 heterocycles. The number of halogens is 1. The van der Waals surface area contributed by atoms with Gasteiger partial charge in [0.15, 0.2) is 23.0 Å². The van der Waals surface area contributed by atoms with E-state index in [1.807, 2.05) is 30.3 Å². The first-order chi connectivity index (χ1) is 10.7. The Hall–Kier alpha value is -1.30.